The van der Waals surface area contributed by atoms with Crippen molar-refractivity contribution in [2.45, 2.75) is 0 Å². The van der Waals surface area contributed by atoms with E-state index in [0.717, 1.165) is 0 Å². The highest BCUT2D eigenvalue weighted by Gasteiger charge is 1.92. The summed E-state index contributed by atoms with van der Waals surface area (Å²) >= 11 is 0. The van der Waals surface area contributed by atoms with Gasteiger partial charge in [0.15, 0.2) is 5.88 Å². The number of hydrogen-bond acceptors (Lipinski definition) is 1. The minimum Gasteiger partial charge on any atom is -0.482 e. The Balaban J connectivity index is 2.84. The third-order valence-corrected chi connectivity index (χ3v) is 0.841. The minimum atomic E-state index is -0.304. The number of ether oxygens (including phenoxy) is 1. The van der Waals surface area contributed by atoms with Crippen LogP contribution in [0.2, 0.25) is 0 Å². The summed E-state index contributed by atoms with van der Waals surface area (Å²) in [5.74, 6) is 0.143. The molecule has 0 radical (unpaired) electrons. The molecule has 1 rings (SSSR count). The average Bonchev–Trinajstić information content (AvgIpc) is 2.14. The maximum atomic E-state index is 12.0. The van der Waals surface area contributed by atoms with E-state index in [1.54, 1.807) is 0 Å². The molecule has 0 saturated heterocycles. The van der Waals surface area contributed by atoms with E-state index in [0.29, 0.717) is 5.88 Å². The molecule has 0 amide bonds. The second kappa shape index (κ2) is 1.86. The standard InChI is InChI=1S/C5H6FNO/c1-8-5-2-4(6)3-7-5/h2-3,7H,1H3. The van der Waals surface area contributed by atoms with E-state index in [1.165, 1.54) is 19.4 Å². The minimum absolute atomic E-state index is 0.304. The predicted octanol–water partition coefficient (Wildman–Crippen LogP) is 1.16. The molecule has 0 atom stereocenters. The Morgan fingerprint density at radius 2 is 2.50 bits per heavy atom. The van der Waals surface area contributed by atoms with Gasteiger partial charge in [0.25, 0.3) is 0 Å². The summed E-state index contributed by atoms with van der Waals surface area (Å²) in [4.78, 5) is 2.56. The van der Waals surface area contributed by atoms with E-state index in [1.807, 2.05) is 0 Å². The molecule has 3 heteroatoms. The Kier molecular flexibility index (Phi) is 1.20. The number of rotatable bonds is 1. The Morgan fingerprint density at radius 3 is 2.75 bits per heavy atom. The van der Waals surface area contributed by atoms with E-state index >= 15 is 0 Å². The van der Waals surface area contributed by atoms with Gasteiger partial charge in [-0.2, -0.15) is 0 Å². The van der Waals surface area contributed by atoms with Gasteiger partial charge in [0.1, 0.15) is 5.82 Å². The zero-order chi connectivity index (χ0) is 5.98. The molecule has 1 heterocycles. The van der Waals surface area contributed by atoms with Gasteiger partial charge in [-0.15, -0.1) is 0 Å². The van der Waals surface area contributed by atoms with Crippen LogP contribution in [0.5, 0.6) is 5.88 Å². The van der Waals surface area contributed by atoms with Crippen molar-refractivity contribution in [3.63, 3.8) is 0 Å². The lowest BCUT2D eigenvalue weighted by Crippen LogP contribution is -1.78. The zero-order valence-corrected chi connectivity index (χ0v) is 4.44. The van der Waals surface area contributed by atoms with E-state index in [2.05, 4.69) is 9.72 Å². The van der Waals surface area contributed by atoms with Crippen molar-refractivity contribution in [3.05, 3.63) is 18.1 Å². The van der Waals surface area contributed by atoms with Gasteiger partial charge in [0.05, 0.1) is 7.11 Å². The van der Waals surface area contributed by atoms with Crippen LogP contribution < -0.4 is 4.74 Å². The third kappa shape index (κ3) is 0.804. The summed E-state index contributed by atoms with van der Waals surface area (Å²) in [5.41, 5.74) is 0. The number of aromatic amines is 1. The molecule has 2 nitrogen and oxygen atoms in total. The van der Waals surface area contributed by atoms with Crippen LogP contribution in [0.1, 0.15) is 0 Å². The van der Waals surface area contributed by atoms with Crippen LogP contribution in [0, 0.1) is 5.82 Å². The summed E-state index contributed by atoms with van der Waals surface area (Å²) in [6, 6.07) is 1.28. The highest BCUT2D eigenvalue weighted by atomic mass is 19.1. The molecule has 1 aromatic heterocycles. The monoisotopic (exact) mass is 115 g/mol. The summed E-state index contributed by atoms with van der Waals surface area (Å²) in [6.07, 6.45) is 1.23. The highest BCUT2D eigenvalue weighted by Crippen LogP contribution is 2.06. The zero-order valence-electron chi connectivity index (χ0n) is 4.44. The van der Waals surface area contributed by atoms with Crippen molar-refractivity contribution in [2.24, 2.45) is 0 Å². The summed E-state index contributed by atoms with van der Waals surface area (Å²) in [7, 11) is 1.48. The largest absolute Gasteiger partial charge is 0.482 e. The Labute approximate surface area is 46.3 Å². The Bertz CT molecular complexity index is 173. The van der Waals surface area contributed by atoms with Crippen LogP contribution in [0.15, 0.2) is 12.3 Å². The van der Waals surface area contributed by atoms with Gasteiger partial charge in [-0.25, -0.2) is 4.39 Å². The summed E-state index contributed by atoms with van der Waals surface area (Å²) in [5, 5.41) is 0. The molecule has 1 aromatic rings. The van der Waals surface area contributed by atoms with Gasteiger partial charge in [-0.3, -0.25) is 0 Å². The van der Waals surface area contributed by atoms with Crippen LogP contribution in [-0.2, 0) is 0 Å². The molecule has 8 heavy (non-hydrogen) atoms. The maximum Gasteiger partial charge on any atom is 0.193 e. The number of nitrogens with one attached hydrogen (secondary N) is 1. The SMILES string of the molecule is COc1cc(F)c[nH]1. The van der Waals surface area contributed by atoms with Crippen molar-refractivity contribution in [1.29, 1.82) is 0 Å². The molecule has 1 N–H and O–H groups in total. The molecule has 0 fully saturated rings. The molecular weight excluding hydrogens is 109 g/mol. The molecule has 0 aliphatic carbocycles. The molecule has 0 aliphatic heterocycles. The topological polar surface area (TPSA) is 25.0 Å². The number of hydrogen-bond donors (Lipinski definition) is 1. The fraction of sp³-hybridized carbons (Fsp3) is 0.200. The quantitative estimate of drug-likeness (QED) is 0.583. The summed E-state index contributed by atoms with van der Waals surface area (Å²) < 4.78 is 16.6. The lowest BCUT2D eigenvalue weighted by molar-refractivity contribution is 0.400. The van der Waals surface area contributed by atoms with Gasteiger partial charge in [-0.1, -0.05) is 0 Å². The van der Waals surface area contributed by atoms with Gasteiger partial charge in [-0.05, 0) is 0 Å². The van der Waals surface area contributed by atoms with E-state index < -0.39 is 0 Å². The predicted molar refractivity (Wildman–Crippen MR) is 27.3 cm³/mol. The van der Waals surface area contributed by atoms with Crippen molar-refractivity contribution < 1.29 is 9.13 Å². The molecule has 0 aliphatic rings. The molecule has 0 bridgehead atoms. The van der Waals surface area contributed by atoms with Crippen molar-refractivity contribution in [3.8, 4) is 5.88 Å². The normalized spacial score (nSPS) is 9.25. The summed E-state index contributed by atoms with van der Waals surface area (Å²) in [6.45, 7) is 0. The first-order valence-electron chi connectivity index (χ1n) is 2.21. The van der Waals surface area contributed by atoms with Crippen molar-refractivity contribution in [1.82, 2.24) is 4.98 Å². The van der Waals surface area contributed by atoms with Crippen molar-refractivity contribution in [2.75, 3.05) is 7.11 Å². The molecule has 0 saturated carbocycles. The van der Waals surface area contributed by atoms with E-state index in [4.69, 9.17) is 0 Å². The second-order valence-corrected chi connectivity index (χ2v) is 1.39. The number of H-pyrrole nitrogens is 1. The lowest BCUT2D eigenvalue weighted by Gasteiger charge is -1.87. The number of halogens is 1. The van der Waals surface area contributed by atoms with Gasteiger partial charge >= 0.3 is 0 Å². The second-order valence-electron chi connectivity index (χ2n) is 1.39. The first-order valence-corrected chi connectivity index (χ1v) is 2.21. The van der Waals surface area contributed by atoms with Crippen LogP contribution in [0.3, 0.4) is 0 Å². The van der Waals surface area contributed by atoms with E-state index in [-0.39, 0.29) is 5.82 Å². The molecule has 0 spiro atoms. The average molecular weight is 115 g/mol. The fourth-order valence-electron chi connectivity index (χ4n) is 0.466. The molecule has 0 aromatic carbocycles. The Hall–Kier alpha value is -0.990. The van der Waals surface area contributed by atoms with Crippen LogP contribution in [0.4, 0.5) is 4.39 Å². The third-order valence-electron chi connectivity index (χ3n) is 0.841. The van der Waals surface area contributed by atoms with Crippen LogP contribution >= 0.6 is 0 Å². The van der Waals surface area contributed by atoms with Gasteiger partial charge in [0.2, 0.25) is 0 Å². The van der Waals surface area contributed by atoms with E-state index in [9.17, 15) is 4.39 Å². The molecular formula is C5H6FNO. The smallest absolute Gasteiger partial charge is 0.193 e. The first-order chi connectivity index (χ1) is 3.83. The number of aromatic nitrogens is 1. The Morgan fingerprint density at radius 1 is 1.75 bits per heavy atom. The van der Waals surface area contributed by atoms with Crippen LogP contribution in [-0.4, -0.2) is 12.1 Å². The highest BCUT2D eigenvalue weighted by molar-refractivity contribution is 5.11. The lowest BCUT2D eigenvalue weighted by atomic mass is 10.6. The van der Waals surface area contributed by atoms with Gasteiger partial charge in [0, 0.05) is 12.3 Å². The molecule has 44 valence electrons. The first kappa shape index (κ1) is 5.15. The number of methoxy groups -OCH3 is 1. The molecule has 0 unspecified atom stereocenters. The van der Waals surface area contributed by atoms with Crippen molar-refractivity contribution >= 4 is 0 Å². The fourth-order valence-corrected chi connectivity index (χ4v) is 0.466. The maximum absolute atomic E-state index is 12.0. The van der Waals surface area contributed by atoms with Gasteiger partial charge < -0.3 is 9.72 Å². The van der Waals surface area contributed by atoms with Crippen LogP contribution in [0.25, 0.3) is 0 Å².